The summed E-state index contributed by atoms with van der Waals surface area (Å²) in [6.07, 6.45) is 23.3. The van der Waals surface area contributed by atoms with Gasteiger partial charge in [0, 0.05) is 0 Å². The lowest BCUT2D eigenvalue weighted by Gasteiger charge is -2.42. The molecule has 0 bridgehead atoms. The van der Waals surface area contributed by atoms with E-state index in [-0.39, 0.29) is 24.6 Å². The zero-order valence-electron chi connectivity index (χ0n) is 23.4. The number of hydrogen-bond donors (Lipinski definition) is 0. The smallest absolute Gasteiger partial charge is 0.158 e. The Morgan fingerprint density at radius 3 is 1.94 bits per heavy atom. The molecule has 2 saturated heterocycles. The maximum atomic E-state index is 6.40. The minimum atomic E-state index is -0.0417. The molecule has 0 N–H and O–H groups in total. The van der Waals surface area contributed by atoms with Crippen molar-refractivity contribution in [2.24, 2.45) is 0 Å². The predicted molar refractivity (Wildman–Crippen MR) is 149 cm³/mol. The minimum absolute atomic E-state index is 0.0417. The summed E-state index contributed by atoms with van der Waals surface area (Å²) in [5, 5.41) is 0. The molecule has 4 nitrogen and oxygen atoms in total. The molecule has 0 aliphatic carbocycles. The monoisotopic (exact) mass is 502 g/mol. The first-order valence-corrected chi connectivity index (χ1v) is 15.5. The fourth-order valence-electron chi connectivity index (χ4n) is 5.48. The van der Waals surface area contributed by atoms with E-state index in [0.717, 1.165) is 38.0 Å². The van der Waals surface area contributed by atoms with Gasteiger partial charge < -0.3 is 18.9 Å². The molecule has 206 valence electrons. The third-order valence-corrected chi connectivity index (χ3v) is 7.80. The Kier molecular flexibility index (Phi) is 14.9. The van der Waals surface area contributed by atoms with Crippen LogP contribution in [0.1, 0.15) is 141 Å². The van der Waals surface area contributed by atoms with Crippen molar-refractivity contribution in [1.29, 1.82) is 0 Å². The Balaban J connectivity index is 1.25. The van der Waals surface area contributed by atoms with Gasteiger partial charge >= 0.3 is 0 Å². The molecule has 1 aromatic carbocycles. The van der Waals surface area contributed by atoms with Gasteiger partial charge in [0.25, 0.3) is 0 Å². The first-order chi connectivity index (χ1) is 17.8. The number of rotatable bonds is 19. The van der Waals surface area contributed by atoms with Crippen LogP contribution in [0.25, 0.3) is 0 Å². The summed E-state index contributed by atoms with van der Waals surface area (Å²) >= 11 is 0. The van der Waals surface area contributed by atoms with Crippen molar-refractivity contribution in [2.75, 3.05) is 13.2 Å². The zero-order valence-corrected chi connectivity index (χ0v) is 23.4. The average molecular weight is 503 g/mol. The number of fused-ring (bicyclic) bond motifs is 1. The molecule has 2 aliphatic rings. The van der Waals surface area contributed by atoms with Crippen LogP contribution < -0.4 is 4.74 Å². The molecule has 1 aromatic rings. The zero-order chi connectivity index (χ0) is 25.3. The van der Waals surface area contributed by atoms with Gasteiger partial charge in [0.15, 0.2) is 6.29 Å². The van der Waals surface area contributed by atoms with E-state index in [1.165, 1.54) is 95.5 Å². The summed E-state index contributed by atoms with van der Waals surface area (Å²) in [6.45, 7) is 6.00. The van der Waals surface area contributed by atoms with E-state index in [0.29, 0.717) is 6.61 Å². The third kappa shape index (κ3) is 11.1. The van der Waals surface area contributed by atoms with Gasteiger partial charge in [0.1, 0.15) is 11.9 Å². The standard InChI is InChI=1S/C32H54O4/c1-3-5-7-9-10-11-12-13-15-17-25-33-28-21-19-27(20-22-28)29-23-24-30-31(35-29)26-34-32(36-30)18-16-14-8-6-4-2/h19-22,29-32H,3-18,23-26H2,1-2H3/t29-,30+,31-,32-/m1/s1. The highest BCUT2D eigenvalue weighted by Gasteiger charge is 2.38. The Morgan fingerprint density at radius 1 is 0.667 bits per heavy atom. The normalized spacial score (nSPS) is 23.9. The molecule has 4 heteroatoms. The van der Waals surface area contributed by atoms with Gasteiger partial charge in [-0.2, -0.15) is 0 Å². The van der Waals surface area contributed by atoms with Gasteiger partial charge in [-0.05, 0) is 49.8 Å². The molecular formula is C32H54O4. The highest BCUT2D eigenvalue weighted by Crippen LogP contribution is 2.36. The highest BCUT2D eigenvalue weighted by atomic mass is 16.7. The molecule has 2 fully saturated rings. The first-order valence-electron chi connectivity index (χ1n) is 15.5. The van der Waals surface area contributed by atoms with E-state index in [9.17, 15) is 0 Å². The molecule has 0 spiro atoms. The Bertz CT molecular complexity index is 661. The summed E-state index contributed by atoms with van der Waals surface area (Å²) < 4.78 is 24.6. The van der Waals surface area contributed by atoms with Gasteiger partial charge in [-0.3, -0.25) is 0 Å². The summed E-state index contributed by atoms with van der Waals surface area (Å²) in [6, 6.07) is 8.54. The topological polar surface area (TPSA) is 36.9 Å². The SMILES string of the molecule is CCCCCCCCCCCCOc1ccc([C@H]2CC[C@@H]3O[C@H](CCCCCCC)OC[C@H]3O2)cc1. The average Bonchev–Trinajstić information content (AvgIpc) is 2.91. The number of ether oxygens (including phenoxy) is 4. The summed E-state index contributed by atoms with van der Waals surface area (Å²) in [5.41, 5.74) is 1.23. The Hall–Kier alpha value is -1.10. The maximum Gasteiger partial charge on any atom is 0.158 e. The van der Waals surface area contributed by atoms with E-state index in [2.05, 4.69) is 38.1 Å². The Morgan fingerprint density at radius 2 is 1.28 bits per heavy atom. The van der Waals surface area contributed by atoms with Gasteiger partial charge in [-0.15, -0.1) is 0 Å². The quantitative estimate of drug-likeness (QED) is 0.177. The second kappa shape index (κ2) is 18.2. The fourth-order valence-corrected chi connectivity index (χ4v) is 5.48. The molecule has 4 atom stereocenters. The lowest BCUT2D eigenvalue weighted by molar-refractivity contribution is -0.286. The largest absolute Gasteiger partial charge is 0.494 e. The van der Waals surface area contributed by atoms with Crippen LogP contribution in [-0.4, -0.2) is 31.7 Å². The lowest BCUT2D eigenvalue weighted by atomic mass is 9.96. The molecule has 3 rings (SSSR count). The second-order valence-electron chi connectivity index (χ2n) is 11.0. The van der Waals surface area contributed by atoms with Gasteiger partial charge in [-0.1, -0.05) is 109 Å². The molecular weight excluding hydrogens is 448 g/mol. The van der Waals surface area contributed by atoms with Crippen LogP contribution in [-0.2, 0) is 14.2 Å². The van der Waals surface area contributed by atoms with E-state index in [1.54, 1.807) is 0 Å². The van der Waals surface area contributed by atoms with Crippen LogP contribution >= 0.6 is 0 Å². The van der Waals surface area contributed by atoms with E-state index >= 15 is 0 Å². The third-order valence-electron chi connectivity index (χ3n) is 7.80. The molecule has 0 unspecified atom stereocenters. The first kappa shape index (κ1) is 29.5. The number of hydrogen-bond acceptors (Lipinski definition) is 4. The minimum Gasteiger partial charge on any atom is -0.494 e. The van der Waals surface area contributed by atoms with Crippen LogP contribution in [0, 0.1) is 0 Å². The summed E-state index contributed by atoms with van der Waals surface area (Å²) in [4.78, 5) is 0. The van der Waals surface area contributed by atoms with Crippen molar-refractivity contribution >= 4 is 0 Å². The van der Waals surface area contributed by atoms with Crippen LogP contribution in [0.4, 0.5) is 0 Å². The van der Waals surface area contributed by atoms with Crippen LogP contribution in [0.3, 0.4) is 0 Å². The van der Waals surface area contributed by atoms with Crippen molar-refractivity contribution < 1.29 is 18.9 Å². The maximum absolute atomic E-state index is 6.40. The van der Waals surface area contributed by atoms with Gasteiger partial charge in [0.2, 0.25) is 0 Å². The molecule has 0 amide bonds. The van der Waals surface area contributed by atoms with Crippen molar-refractivity contribution in [2.45, 2.75) is 154 Å². The molecule has 0 saturated carbocycles. The van der Waals surface area contributed by atoms with Crippen LogP contribution in [0.5, 0.6) is 5.75 Å². The van der Waals surface area contributed by atoms with Crippen molar-refractivity contribution in [3.8, 4) is 5.75 Å². The second-order valence-corrected chi connectivity index (χ2v) is 11.0. The predicted octanol–water partition coefficient (Wildman–Crippen LogP) is 9.31. The van der Waals surface area contributed by atoms with E-state index in [1.807, 2.05) is 0 Å². The molecule has 36 heavy (non-hydrogen) atoms. The molecule has 0 radical (unpaired) electrons. The molecule has 2 heterocycles. The fraction of sp³-hybridized carbons (Fsp3) is 0.812. The van der Waals surface area contributed by atoms with Crippen LogP contribution in [0.2, 0.25) is 0 Å². The van der Waals surface area contributed by atoms with E-state index in [4.69, 9.17) is 18.9 Å². The number of unbranched alkanes of at least 4 members (excludes halogenated alkanes) is 13. The van der Waals surface area contributed by atoms with Crippen molar-refractivity contribution in [1.82, 2.24) is 0 Å². The van der Waals surface area contributed by atoms with Gasteiger partial charge in [-0.25, -0.2) is 0 Å². The van der Waals surface area contributed by atoms with Crippen molar-refractivity contribution in [3.05, 3.63) is 29.8 Å². The van der Waals surface area contributed by atoms with Gasteiger partial charge in [0.05, 0.1) is 25.4 Å². The number of benzene rings is 1. The summed E-state index contributed by atoms with van der Waals surface area (Å²) in [7, 11) is 0. The Labute approximate surface area is 221 Å². The summed E-state index contributed by atoms with van der Waals surface area (Å²) in [5.74, 6) is 0.967. The molecule has 0 aromatic heterocycles. The van der Waals surface area contributed by atoms with E-state index < -0.39 is 0 Å². The highest BCUT2D eigenvalue weighted by molar-refractivity contribution is 5.29. The molecule has 2 aliphatic heterocycles. The lowest BCUT2D eigenvalue weighted by Crippen LogP contribution is -2.48. The van der Waals surface area contributed by atoms with Crippen LogP contribution in [0.15, 0.2) is 24.3 Å². The van der Waals surface area contributed by atoms with Crippen molar-refractivity contribution in [3.63, 3.8) is 0 Å².